The molecule has 4 rings (SSSR count). The number of carbonyl (C=O) groups is 1. The average molecular weight is 376 g/mol. The van der Waals surface area contributed by atoms with Gasteiger partial charge in [0.15, 0.2) is 5.69 Å². The standard InChI is InChI=1S/C20H16N4O2S/c1-26-17-7-5-16(6-8-17)24-11-9-18(23-24)19(25)22-15-4-2-3-14(13-15)20-21-10-12-27-20/h2-13H,1H3,(H,22,25). The fourth-order valence-corrected chi connectivity index (χ4v) is 3.25. The number of thiazole rings is 1. The minimum absolute atomic E-state index is 0.265. The van der Waals surface area contributed by atoms with Gasteiger partial charge in [-0.1, -0.05) is 12.1 Å². The summed E-state index contributed by atoms with van der Waals surface area (Å²) in [6.45, 7) is 0. The van der Waals surface area contributed by atoms with Crippen molar-refractivity contribution in [1.29, 1.82) is 0 Å². The van der Waals surface area contributed by atoms with Crippen LogP contribution in [0.3, 0.4) is 0 Å². The van der Waals surface area contributed by atoms with Gasteiger partial charge in [-0.25, -0.2) is 9.67 Å². The second-order valence-electron chi connectivity index (χ2n) is 5.72. The molecule has 0 bridgehead atoms. The Bertz CT molecular complexity index is 1060. The van der Waals surface area contributed by atoms with Gasteiger partial charge in [-0.15, -0.1) is 11.3 Å². The third kappa shape index (κ3) is 3.73. The van der Waals surface area contributed by atoms with E-state index in [2.05, 4.69) is 15.4 Å². The highest BCUT2D eigenvalue weighted by atomic mass is 32.1. The molecule has 0 saturated carbocycles. The number of rotatable bonds is 5. The number of benzene rings is 2. The molecule has 0 unspecified atom stereocenters. The Morgan fingerprint density at radius 2 is 2.00 bits per heavy atom. The quantitative estimate of drug-likeness (QED) is 0.565. The van der Waals surface area contributed by atoms with Gasteiger partial charge in [-0.3, -0.25) is 4.79 Å². The zero-order valence-corrected chi connectivity index (χ0v) is 15.3. The Morgan fingerprint density at radius 3 is 2.74 bits per heavy atom. The van der Waals surface area contributed by atoms with Gasteiger partial charge in [0.25, 0.3) is 5.91 Å². The highest BCUT2D eigenvalue weighted by molar-refractivity contribution is 7.13. The molecular formula is C20H16N4O2S. The fraction of sp³-hybridized carbons (Fsp3) is 0.0500. The van der Waals surface area contributed by atoms with Crippen molar-refractivity contribution in [1.82, 2.24) is 14.8 Å². The maximum absolute atomic E-state index is 12.5. The summed E-state index contributed by atoms with van der Waals surface area (Å²) in [5.41, 5.74) is 2.85. The van der Waals surface area contributed by atoms with Gasteiger partial charge in [-0.2, -0.15) is 5.10 Å². The molecule has 2 aromatic carbocycles. The summed E-state index contributed by atoms with van der Waals surface area (Å²) in [7, 11) is 1.62. The number of ether oxygens (including phenoxy) is 1. The molecule has 7 heteroatoms. The first kappa shape index (κ1) is 17.0. The lowest BCUT2D eigenvalue weighted by atomic mass is 10.2. The number of hydrogen-bond acceptors (Lipinski definition) is 5. The first-order valence-corrected chi connectivity index (χ1v) is 9.12. The first-order valence-electron chi connectivity index (χ1n) is 8.24. The highest BCUT2D eigenvalue weighted by Crippen LogP contribution is 2.24. The number of carbonyl (C=O) groups excluding carboxylic acids is 1. The van der Waals surface area contributed by atoms with E-state index >= 15 is 0 Å². The van der Waals surface area contributed by atoms with Gasteiger partial charge >= 0.3 is 0 Å². The molecule has 27 heavy (non-hydrogen) atoms. The highest BCUT2D eigenvalue weighted by Gasteiger charge is 2.11. The summed E-state index contributed by atoms with van der Waals surface area (Å²) in [6, 6.07) is 16.7. The Kier molecular flexibility index (Phi) is 4.67. The second kappa shape index (κ2) is 7.43. The minimum Gasteiger partial charge on any atom is -0.497 e. The van der Waals surface area contributed by atoms with Gasteiger partial charge in [0.1, 0.15) is 10.8 Å². The molecule has 1 amide bonds. The molecule has 6 nitrogen and oxygen atoms in total. The van der Waals surface area contributed by atoms with Crippen LogP contribution in [0.5, 0.6) is 5.75 Å². The molecule has 1 N–H and O–H groups in total. The Labute approximate surface area is 160 Å². The van der Waals surface area contributed by atoms with Crippen LogP contribution in [-0.2, 0) is 0 Å². The van der Waals surface area contributed by atoms with Crippen LogP contribution >= 0.6 is 11.3 Å². The minimum atomic E-state index is -0.265. The topological polar surface area (TPSA) is 69.0 Å². The summed E-state index contributed by atoms with van der Waals surface area (Å²) >= 11 is 1.56. The van der Waals surface area contributed by atoms with Crippen molar-refractivity contribution < 1.29 is 9.53 Å². The van der Waals surface area contributed by atoms with Crippen molar-refractivity contribution >= 4 is 22.9 Å². The summed E-state index contributed by atoms with van der Waals surface area (Å²) in [5.74, 6) is 0.502. The maximum atomic E-state index is 12.5. The van der Waals surface area contributed by atoms with E-state index in [0.29, 0.717) is 11.4 Å². The molecule has 0 aliphatic rings. The van der Waals surface area contributed by atoms with E-state index in [1.807, 2.05) is 53.9 Å². The summed E-state index contributed by atoms with van der Waals surface area (Å²) in [4.78, 5) is 16.8. The third-order valence-electron chi connectivity index (χ3n) is 3.96. The largest absolute Gasteiger partial charge is 0.497 e. The molecule has 2 aromatic heterocycles. The average Bonchev–Trinajstić information content (AvgIpc) is 3.40. The molecule has 0 spiro atoms. The number of aromatic nitrogens is 3. The van der Waals surface area contributed by atoms with Crippen molar-refractivity contribution in [3.05, 3.63) is 78.1 Å². The molecule has 0 aliphatic heterocycles. The smallest absolute Gasteiger partial charge is 0.276 e. The lowest BCUT2D eigenvalue weighted by Crippen LogP contribution is -2.13. The molecule has 0 saturated heterocycles. The number of amides is 1. The van der Waals surface area contributed by atoms with Crippen LogP contribution in [0, 0.1) is 0 Å². The van der Waals surface area contributed by atoms with Crippen LogP contribution in [0.25, 0.3) is 16.3 Å². The molecule has 4 aromatic rings. The van der Waals surface area contributed by atoms with Gasteiger partial charge in [0.05, 0.1) is 12.8 Å². The molecule has 0 fully saturated rings. The van der Waals surface area contributed by atoms with E-state index in [-0.39, 0.29) is 5.91 Å². The van der Waals surface area contributed by atoms with Crippen molar-refractivity contribution in [3.8, 4) is 22.0 Å². The zero-order chi connectivity index (χ0) is 18.6. The summed E-state index contributed by atoms with van der Waals surface area (Å²) < 4.78 is 6.81. The molecule has 0 radical (unpaired) electrons. The van der Waals surface area contributed by atoms with Crippen molar-refractivity contribution in [2.45, 2.75) is 0 Å². The van der Waals surface area contributed by atoms with E-state index in [0.717, 1.165) is 22.0 Å². The predicted octanol–water partition coefficient (Wildman–Crippen LogP) is 4.26. The van der Waals surface area contributed by atoms with E-state index in [4.69, 9.17) is 4.74 Å². The molecular weight excluding hydrogens is 360 g/mol. The van der Waals surface area contributed by atoms with E-state index < -0.39 is 0 Å². The number of nitrogens with zero attached hydrogens (tertiary/aromatic N) is 3. The summed E-state index contributed by atoms with van der Waals surface area (Å²) in [6.07, 6.45) is 3.51. The van der Waals surface area contributed by atoms with Gasteiger partial charge < -0.3 is 10.1 Å². The Morgan fingerprint density at radius 1 is 1.15 bits per heavy atom. The first-order chi connectivity index (χ1) is 13.2. The third-order valence-corrected chi connectivity index (χ3v) is 4.78. The summed E-state index contributed by atoms with van der Waals surface area (Å²) in [5, 5.41) is 10.1. The molecule has 2 heterocycles. The second-order valence-corrected chi connectivity index (χ2v) is 6.61. The van der Waals surface area contributed by atoms with Crippen molar-refractivity contribution in [2.24, 2.45) is 0 Å². The molecule has 0 atom stereocenters. The SMILES string of the molecule is COc1ccc(-n2ccc(C(=O)Nc3cccc(-c4nccs4)c3)n2)cc1. The van der Waals surface area contributed by atoms with Gasteiger partial charge in [-0.05, 0) is 42.5 Å². The Hall–Kier alpha value is -3.45. The lowest BCUT2D eigenvalue weighted by molar-refractivity contribution is 0.102. The van der Waals surface area contributed by atoms with Crippen LogP contribution < -0.4 is 10.1 Å². The number of anilines is 1. The maximum Gasteiger partial charge on any atom is 0.276 e. The van der Waals surface area contributed by atoms with Crippen molar-refractivity contribution in [2.75, 3.05) is 12.4 Å². The van der Waals surface area contributed by atoms with Crippen LogP contribution in [0.15, 0.2) is 72.4 Å². The monoisotopic (exact) mass is 376 g/mol. The van der Waals surface area contributed by atoms with Crippen LogP contribution in [0.1, 0.15) is 10.5 Å². The van der Waals surface area contributed by atoms with Crippen LogP contribution in [-0.4, -0.2) is 27.8 Å². The van der Waals surface area contributed by atoms with Crippen LogP contribution in [0.2, 0.25) is 0 Å². The fourth-order valence-electron chi connectivity index (χ4n) is 2.61. The van der Waals surface area contributed by atoms with Gasteiger partial charge in [0.2, 0.25) is 0 Å². The molecule has 0 aliphatic carbocycles. The lowest BCUT2D eigenvalue weighted by Gasteiger charge is -2.05. The van der Waals surface area contributed by atoms with Crippen LogP contribution in [0.4, 0.5) is 5.69 Å². The normalized spacial score (nSPS) is 10.6. The number of nitrogens with one attached hydrogen (secondary N) is 1. The van der Waals surface area contributed by atoms with Crippen molar-refractivity contribution in [3.63, 3.8) is 0 Å². The zero-order valence-electron chi connectivity index (χ0n) is 14.5. The van der Waals surface area contributed by atoms with E-state index in [1.165, 1.54) is 0 Å². The van der Waals surface area contributed by atoms with Gasteiger partial charge in [0, 0.05) is 29.0 Å². The Balaban J connectivity index is 1.50. The number of hydrogen-bond donors (Lipinski definition) is 1. The number of methoxy groups -OCH3 is 1. The van der Waals surface area contributed by atoms with E-state index in [1.54, 1.807) is 41.6 Å². The van der Waals surface area contributed by atoms with E-state index in [9.17, 15) is 4.79 Å². The predicted molar refractivity (Wildman–Crippen MR) is 106 cm³/mol. The molecule has 134 valence electrons.